The zero-order valence-corrected chi connectivity index (χ0v) is 11.9. The summed E-state index contributed by atoms with van der Waals surface area (Å²) in [6.45, 7) is 5.72. The molecule has 21 heavy (non-hydrogen) atoms. The van der Waals surface area contributed by atoms with Gasteiger partial charge in [0.25, 0.3) is 0 Å². The van der Waals surface area contributed by atoms with E-state index in [0.29, 0.717) is 17.2 Å². The fourth-order valence-electron chi connectivity index (χ4n) is 2.63. The van der Waals surface area contributed by atoms with E-state index in [1.54, 1.807) is 0 Å². The molecular weight excluding hydrogens is 268 g/mol. The molecule has 1 aromatic carbocycles. The molecule has 0 unspecified atom stereocenters. The van der Waals surface area contributed by atoms with Gasteiger partial charge in [0.1, 0.15) is 11.2 Å². The van der Waals surface area contributed by atoms with Crippen molar-refractivity contribution in [3.63, 3.8) is 0 Å². The molecule has 2 N–H and O–H groups in total. The van der Waals surface area contributed by atoms with Gasteiger partial charge in [-0.05, 0) is 38.5 Å². The second-order valence-corrected chi connectivity index (χ2v) is 5.90. The number of fused-ring (bicyclic) bond motifs is 2. The van der Waals surface area contributed by atoms with Gasteiger partial charge in [-0.15, -0.1) is 0 Å². The fraction of sp³-hybridized carbons (Fsp3) is 0.267. The maximum atomic E-state index is 12.0. The van der Waals surface area contributed by atoms with Crippen molar-refractivity contribution in [2.24, 2.45) is 0 Å². The van der Waals surface area contributed by atoms with E-state index in [4.69, 9.17) is 4.42 Å². The Labute approximate surface area is 120 Å². The topological polar surface area (TPSA) is 83.8 Å². The number of anilines is 1. The summed E-state index contributed by atoms with van der Waals surface area (Å²) in [5.74, 6) is 0.468. The Kier molecular flexibility index (Phi) is 2.15. The van der Waals surface area contributed by atoms with Gasteiger partial charge in [0.2, 0.25) is 11.8 Å². The summed E-state index contributed by atoms with van der Waals surface area (Å²) in [6, 6.07) is 5.62. The number of rotatable bonds is 1. The molecule has 6 nitrogen and oxygen atoms in total. The summed E-state index contributed by atoms with van der Waals surface area (Å²) in [7, 11) is 0. The number of amides is 1. The summed E-state index contributed by atoms with van der Waals surface area (Å²) < 4.78 is 5.75. The molecule has 0 aliphatic carbocycles. The van der Waals surface area contributed by atoms with Crippen LogP contribution >= 0.6 is 0 Å². The van der Waals surface area contributed by atoms with E-state index < -0.39 is 5.41 Å². The Hall–Kier alpha value is -2.63. The van der Waals surface area contributed by atoms with E-state index in [-0.39, 0.29) is 5.91 Å². The van der Waals surface area contributed by atoms with Crippen LogP contribution in [-0.4, -0.2) is 21.1 Å². The number of aryl methyl sites for hydroxylation is 1. The predicted molar refractivity (Wildman–Crippen MR) is 78.0 cm³/mol. The minimum Gasteiger partial charge on any atom is -0.435 e. The number of hydrogen-bond acceptors (Lipinski definition) is 4. The van der Waals surface area contributed by atoms with E-state index in [1.807, 2.05) is 39.0 Å². The highest BCUT2D eigenvalue weighted by atomic mass is 16.3. The van der Waals surface area contributed by atoms with Crippen LogP contribution < -0.4 is 5.32 Å². The second-order valence-electron chi connectivity index (χ2n) is 5.90. The van der Waals surface area contributed by atoms with Crippen LogP contribution in [0.25, 0.3) is 22.7 Å². The van der Waals surface area contributed by atoms with E-state index >= 15 is 0 Å². The largest absolute Gasteiger partial charge is 0.435 e. The normalized spacial score (nSPS) is 16.2. The Morgan fingerprint density at radius 3 is 2.76 bits per heavy atom. The Morgan fingerprint density at radius 1 is 1.24 bits per heavy atom. The van der Waals surface area contributed by atoms with Gasteiger partial charge in [-0.25, -0.2) is 4.98 Å². The highest BCUT2D eigenvalue weighted by molar-refractivity contribution is 6.07. The number of H-pyrrole nitrogens is 1. The van der Waals surface area contributed by atoms with Gasteiger partial charge in [0.15, 0.2) is 5.58 Å². The lowest BCUT2D eigenvalue weighted by Gasteiger charge is -2.14. The van der Waals surface area contributed by atoms with Gasteiger partial charge in [0.05, 0.1) is 5.41 Å². The monoisotopic (exact) mass is 282 g/mol. The van der Waals surface area contributed by atoms with Crippen molar-refractivity contribution < 1.29 is 9.21 Å². The van der Waals surface area contributed by atoms with E-state index in [1.165, 1.54) is 0 Å². The van der Waals surface area contributed by atoms with Crippen molar-refractivity contribution in [2.75, 3.05) is 5.32 Å². The third-order valence-corrected chi connectivity index (χ3v) is 3.94. The zero-order valence-electron chi connectivity index (χ0n) is 11.9. The first-order chi connectivity index (χ1) is 9.95. The molecule has 3 aromatic rings. The quantitative estimate of drug-likeness (QED) is 0.718. The second kappa shape index (κ2) is 3.72. The lowest BCUT2D eigenvalue weighted by Crippen LogP contribution is -2.26. The average Bonchev–Trinajstić information content (AvgIpc) is 3.07. The summed E-state index contributed by atoms with van der Waals surface area (Å²) >= 11 is 0. The highest BCUT2D eigenvalue weighted by Crippen LogP contribution is 2.40. The van der Waals surface area contributed by atoms with Crippen LogP contribution in [0.4, 0.5) is 5.69 Å². The summed E-state index contributed by atoms with van der Waals surface area (Å²) in [5.41, 5.74) is 4.18. The SMILES string of the molecule is Cc1cc(-c2nc3cc4c(cc3o2)NC(=O)C4(C)C)n[nH]1. The first-order valence-electron chi connectivity index (χ1n) is 6.74. The van der Waals surface area contributed by atoms with E-state index in [2.05, 4.69) is 20.5 Å². The number of aromatic amines is 1. The molecule has 0 saturated carbocycles. The van der Waals surface area contributed by atoms with Gasteiger partial charge < -0.3 is 9.73 Å². The smallest absolute Gasteiger partial charge is 0.248 e. The lowest BCUT2D eigenvalue weighted by atomic mass is 9.86. The standard InChI is InChI=1S/C15H14N4O2/c1-7-4-11(19-18-7)13-16-10-5-8-9(6-12(10)21-13)17-14(20)15(8,2)3/h4-6H,1-3H3,(H,17,20)(H,18,19). The van der Waals surface area contributed by atoms with Crippen molar-refractivity contribution in [3.05, 3.63) is 29.5 Å². The molecule has 6 heteroatoms. The van der Waals surface area contributed by atoms with Gasteiger partial charge in [-0.3, -0.25) is 9.89 Å². The van der Waals surface area contributed by atoms with E-state index in [9.17, 15) is 4.79 Å². The molecule has 0 fully saturated rings. The average molecular weight is 282 g/mol. The molecule has 0 bridgehead atoms. The number of aromatic nitrogens is 3. The minimum atomic E-state index is -0.550. The molecule has 1 amide bonds. The van der Waals surface area contributed by atoms with Crippen molar-refractivity contribution in [3.8, 4) is 11.6 Å². The first kappa shape index (κ1) is 12.1. The molecule has 0 spiro atoms. The number of carbonyl (C=O) groups is 1. The number of nitrogens with one attached hydrogen (secondary N) is 2. The summed E-state index contributed by atoms with van der Waals surface area (Å²) in [4.78, 5) is 16.4. The maximum Gasteiger partial charge on any atom is 0.248 e. The maximum absolute atomic E-state index is 12.0. The summed E-state index contributed by atoms with van der Waals surface area (Å²) in [5, 5.41) is 9.90. The Bertz CT molecular complexity index is 888. The van der Waals surface area contributed by atoms with Crippen LogP contribution in [0.5, 0.6) is 0 Å². The number of nitrogens with zero attached hydrogens (tertiary/aromatic N) is 2. The van der Waals surface area contributed by atoms with Gasteiger partial charge in [0, 0.05) is 17.4 Å². The van der Waals surface area contributed by atoms with Crippen LogP contribution in [0.1, 0.15) is 25.1 Å². The van der Waals surface area contributed by atoms with Crippen molar-refractivity contribution in [1.29, 1.82) is 0 Å². The number of carbonyl (C=O) groups excluding carboxylic acids is 1. The number of benzene rings is 1. The van der Waals surface area contributed by atoms with E-state index in [0.717, 1.165) is 22.5 Å². The molecule has 0 saturated heterocycles. The third-order valence-electron chi connectivity index (χ3n) is 3.94. The van der Waals surface area contributed by atoms with Gasteiger partial charge in [-0.2, -0.15) is 5.10 Å². The zero-order chi connectivity index (χ0) is 14.8. The molecular formula is C15H14N4O2. The van der Waals surface area contributed by atoms with Gasteiger partial charge in [-0.1, -0.05) is 0 Å². The Balaban J connectivity index is 1.90. The predicted octanol–water partition coefficient (Wildman–Crippen LogP) is 2.76. The molecule has 1 aliphatic rings. The molecule has 2 aromatic heterocycles. The molecule has 0 radical (unpaired) electrons. The fourth-order valence-corrected chi connectivity index (χ4v) is 2.63. The lowest BCUT2D eigenvalue weighted by molar-refractivity contribution is -0.119. The van der Waals surface area contributed by atoms with Crippen molar-refractivity contribution in [1.82, 2.24) is 15.2 Å². The number of hydrogen-bond donors (Lipinski definition) is 2. The van der Waals surface area contributed by atoms with Crippen LogP contribution in [0, 0.1) is 6.92 Å². The van der Waals surface area contributed by atoms with Gasteiger partial charge >= 0.3 is 0 Å². The van der Waals surface area contributed by atoms with Crippen LogP contribution in [0.2, 0.25) is 0 Å². The Morgan fingerprint density at radius 2 is 2.05 bits per heavy atom. The van der Waals surface area contributed by atoms with Crippen LogP contribution in [-0.2, 0) is 10.2 Å². The first-order valence-corrected chi connectivity index (χ1v) is 6.74. The molecule has 1 aliphatic heterocycles. The molecule has 4 rings (SSSR count). The third kappa shape index (κ3) is 1.62. The molecule has 0 atom stereocenters. The molecule has 106 valence electrons. The van der Waals surface area contributed by atoms with Crippen molar-refractivity contribution in [2.45, 2.75) is 26.2 Å². The molecule has 3 heterocycles. The highest BCUT2D eigenvalue weighted by Gasteiger charge is 2.39. The summed E-state index contributed by atoms with van der Waals surface area (Å²) in [6.07, 6.45) is 0. The van der Waals surface area contributed by atoms with Crippen LogP contribution in [0.3, 0.4) is 0 Å². The van der Waals surface area contributed by atoms with Crippen LogP contribution in [0.15, 0.2) is 22.6 Å². The number of oxazole rings is 1. The van der Waals surface area contributed by atoms with Crippen molar-refractivity contribution >= 4 is 22.7 Å². The minimum absolute atomic E-state index is 0.00620.